The van der Waals surface area contributed by atoms with Crippen LogP contribution in [0, 0.1) is 0 Å². The molecule has 1 aliphatic heterocycles. The highest BCUT2D eigenvalue weighted by Crippen LogP contribution is 2.23. The second kappa shape index (κ2) is 7.75. The number of sulfone groups is 1. The number of nitrogens with zero attached hydrogens (tertiary/aromatic N) is 5. The lowest BCUT2D eigenvalue weighted by Crippen LogP contribution is -2.42. The number of amides is 1. The molecule has 1 fully saturated rings. The smallest absolute Gasteiger partial charge is 0.233 e. The molecule has 3 rings (SSSR count). The van der Waals surface area contributed by atoms with Crippen LogP contribution in [0.25, 0.3) is 11.4 Å². The van der Waals surface area contributed by atoms with Gasteiger partial charge in [-0.2, -0.15) is 0 Å². The highest BCUT2D eigenvalue weighted by molar-refractivity contribution is 7.99. The van der Waals surface area contributed by atoms with Gasteiger partial charge in [0.2, 0.25) is 5.91 Å². The van der Waals surface area contributed by atoms with E-state index >= 15 is 0 Å². The average Bonchev–Trinajstić information content (AvgIpc) is 3.17. The van der Waals surface area contributed by atoms with E-state index in [2.05, 4.69) is 15.2 Å². The van der Waals surface area contributed by atoms with Crippen LogP contribution in [-0.4, -0.2) is 68.8 Å². The number of thioether (sulfide) groups is 1. The van der Waals surface area contributed by atoms with E-state index in [9.17, 15) is 13.2 Å². The highest BCUT2D eigenvalue weighted by atomic mass is 32.2. The van der Waals surface area contributed by atoms with Gasteiger partial charge in [-0.3, -0.25) is 9.78 Å². The first-order valence-electron chi connectivity index (χ1n) is 8.33. The van der Waals surface area contributed by atoms with Gasteiger partial charge in [0, 0.05) is 37.6 Å². The fourth-order valence-electron chi connectivity index (χ4n) is 3.06. The molecule has 10 heteroatoms. The quantitative estimate of drug-likeness (QED) is 0.673. The molecule has 140 valence electrons. The van der Waals surface area contributed by atoms with Gasteiger partial charge in [-0.15, -0.1) is 10.2 Å². The first-order chi connectivity index (χ1) is 12.4. The Morgan fingerprint density at radius 1 is 1.42 bits per heavy atom. The molecule has 1 atom stereocenters. The van der Waals surface area contributed by atoms with E-state index in [0.717, 1.165) is 5.56 Å². The first kappa shape index (κ1) is 18.8. The predicted molar refractivity (Wildman–Crippen MR) is 99.4 cm³/mol. The Hall–Kier alpha value is -1.94. The van der Waals surface area contributed by atoms with Crippen molar-refractivity contribution in [1.29, 1.82) is 0 Å². The van der Waals surface area contributed by atoms with E-state index in [0.29, 0.717) is 23.9 Å². The van der Waals surface area contributed by atoms with Crippen LogP contribution in [-0.2, 0) is 21.7 Å². The number of carbonyl (C=O) groups is 1. The summed E-state index contributed by atoms with van der Waals surface area (Å²) >= 11 is 1.30. The largest absolute Gasteiger partial charge is 0.338 e. The zero-order valence-corrected chi connectivity index (χ0v) is 16.3. The summed E-state index contributed by atoms with van der Waals surface area (Å²) in [6, 6.07) is 3.51. The van der Waals surface area contributed by atoms with Gasteiger partial charge in [0.25, 0.3) is 0 Å². The van der Waals surface area contributed by atoms with Gasteiger partial charge in [0.05, 0.1) is 17.3 Å². The number of carbonyl (C=O) groups excluding carboxylic acids is 1. The Morgan fingerprint density at radius 3 is 2.85 bits per heavy atom. The van der Waals surface area contributed by atoms with Crippen molar-refractivity contribution in [3.05, 3.63) is 24.5 Å². The van der Waals surface area contributed by atoms with Crippen LogP contribution < -0.4 is 0 Å². The maximum Gasteiger partial charge on any atom is 0.233 e. The third kappa shape index (κ3) is 4.07. The molecule has 8 nitrogen and oxygen atoms in total. The molecule has 0 aromatic carbocycles. The maximum absolute atomic E-state index is 12.6. The molecule has 0 spiro atoms. The van der Waals surface area contributed by atoms with Gasteiger partial charge in [0.15, 0.2) is 20.8 Å². The fourth-order valence-corrected chi connectivity index (χ4v) is 5.58. The third-order valence-corrected chi connectivity index (χ3v) is 7.14. The van der Waals surface area contributed by atoms with Crippen LogP contribution >= 0.6 is 11.8 Å². The normalized spacial score (nSPS) is 18.8. The summed E-state index contributed by atoms with van der Waals surface area (Å²) in [5.41, 5.74) is 0.854. The van der Waals surface area contributed by atoms with Crippen LogP contribution in [0.1, 0.15) is 13.3 Å². The molecule has 26 heavy (non-hydrogen) atoms. The van der Waals surface area contributed by atoms with Gasteiger partial charge in [-0.25, -0.2) is 8.42 Å². The van der Waals surface area contributed by atoms with Gasteiger partial charge < -0.3 is 9.47 Å². The monoisotopic (exact) mass is 395 g/mol. The summed E-state index contributed by atoms with van der Waals surface area (Å²) < 4.78 is 25.2. The molecule has 2 aromatic heterocycles. The van der Waals surface area contributed by atoms with E-state index < -0.39 is 9.84 Å². The highest BCUT2D eigenvalue weighted by Gasteiger charge is 2.33. The van der Waals surface area contributed by atoms with Crippen LogP contribution in [0.15, 0.2) is 29.7 Å². The van der Waals surface area contributed by atoms with Gasteiger partial charge in [0.1, 0.15) is 0 Å². The van der Waals surface area contributed by atoms with Crippen molar-refractivity contribution >= 4 is 27.5 Å². The van der Waals surface area contributed by atoms with Crippen LogP contribution in [0.5, 0.6) is 0 Å². The van der Waals surface area contributed by atoms with Crippen LogP contribution in [0.4, 0.5) is 0 Å². The van der Waals surface area contributed by atoms with E-state index in [4.69, 9.17) is 0 Å². The number of hydrogen-bond acceptors (Lipinski definition) is 7. The zero-order valence-electron chi connectivity index (χ0n) is 14.7. The number of rotatable bonds is 6. The van der Waals surface area contributed by atoms with Crippen molar-refractivity contribution in [2.45, 2.75) is 24.5 Å². The molecule has 1 amide bonds. The third-order valence-electron chi connectivity index (χ3n) is 4.39. The SMILES string of the molecule is CCN(C(=O)CSc1nnc(-c2cccnc2)n1C)[C@H]1CCS(=O)(=O)C1. The summed E-state index contributed by atoms with van der Waals surface area (Å²) in [6.45, 7) is 2.37. The summed E-state index contributed by atoms with van der Waals surface area (Å²) in [6.07, 6.45) is 3.92. The Morgan fingerprint density at radius 2 is 2.23 bits per heavy atom. The molecule has 0 N–H and O–H groups in total. The number of pyridine rings is 1. The Kier molecular flexibility index (Phi) is 5.61. The van der Waals surface area contributed by atoms with Crippen LogP contribution in [0.3, 0.4) is 0 Å². The van der Waals surface area contributed by atoms with Gasteiger partial charge in [-0.05, 0) is 25.5 Å². The minimum atomic E-state index is -3.02. The van der Waals surface area contributed by atoms with Crippen molar-refractivity contribution in [3.8, 4) is 11.4 Å². The molecule has 2 aromatic rings. The van der Waals surface area contributed by atoms with E-state index in [1.54, 1.807) is 17.3 Å². The lowest BCUT2D eigenvalue weighted by Gasteiger charge is -2.26. The Bertz CT molecular complexity index is 883. The molecule has 0 unspecified atom stereocenters. The summed E-state index contributed by atoms with van der Waals surface area (Å²) in [5.74, 6) is 1.02. The molecule has 1 saturated heterocycles. The summed E-state index contributed by atoms with van der Waals surface area (Å²) in [5, 5.41) is 8.96. The molecule has 0 saturated carbocycles. The topological polar surface area (TPSA) is 98.1 Å². The van der Waals surface area contributed by atoms with Crippen LogP contribution in [0.2, 0.25) is 0 Å². The number of hydrogen-bond donors (Lipinski definition) is 0. The molecular weight excluding hydrogens is 374 g/mol. The van der Waals surface area contributed by atoms with E-state index in [1.807, 2.05) is 30.7 Å². The second-order valence-corrected chi connectivity index (χ2v) is 9.30. The van der Waals surface area contributed by atoms with Crippen molar-refractivity contribution in [3.63, 3.8) is 0 Å². The molecule has 0 aliphatic carbocycles. The fraction of sp³-hybridized carbons (Fsp3) is 0.500. The first-order valence-corrected chi connectivity index (χ1v) is 11.1. The Balaban J connectivity index is 1.65. The van der Waals surface area contributed by atoms with Crippen molar-refractivity contribution in [2.75, 3.05) is 23.8 Å². The standard InChI is InChI=1S/C16H21N5O3S2/c1-3-21(13-6-8-26(23,24)11-13)14(22)10-25-16-19-18-15(20(16)2)12-5-4-7-17-9-12/h4-5,7,9,13H,3,6,8,10-11H2,1-2H3/t13-/m0/s1. The van der Waals surface area contributed by atoms with E-state index in [-0.39, 0.29) is 29.2 Å². The Labute approximate surface area is 156 Å². The lowest BCUT2D eigenvalue weighted by atomic mass is 10.2. The van der Waals surface area contributed by atoms with Gasteiger partial charge in [-0.1, -0.05) is 11.8 Å². The second-order valence-electron chi connectivity index (χ2n) is 6.13. The molecule has 0 radical (unpaired) electrons. The summed E-state index contributed by atoms with van der Waals surface area (Å²) in [7, 11) is -1.17. The van der Waals surface area contributed by atoms with Crippen molar-refractivity contribution in [1.82, 2.24) is 24.6 Å². The zero-order chi connectivity index (χ0) is 18.7. The lowest BCUT2D eigenvalue weighted by molar-refractivity contribution is -0.129. The average molecular weight is 396 g/mol. The number of aromatic nitrogens is 4. The van der Waals surface area contributed by atoms with Crippen molar-refractivity contribution in [2.24, 2.45) is 7.05 Å². The summed E-state index contributed by atoms with van der Waals surface area (Å²) in [4.78, 5) is 18.3. The molecular formula is C16H21N5O3S2. The van der Waals surface area contributed by atoms with Crippen molar-refractivity contribution < 1.29 is 13.2 Å². The van der Waals surface area contributed by atoms with E-state index in [1.165, 1.54) is 11.8 Å². The van der Waals surface area contributed by atoms with Gasteiger partial charge >= 0.3 is 0 Å². The molecule has 1 aliphatic rings. The molecule has 0 bridgehead atoms. The minimum absolute atomic E-state index is 0.0619. The minimum Gasteiger partial charge on any atom is -0.338 e. The predicted octanol–water partition coefficient (Wildman–Crippen LogP) is 1.00. The maximum atomic E-state index is 12.6. The molecule has 3 heterocycles.